The quantitative estimate of drug-likeness (QED) is 0.399. The molecule has 7 heteroatoms. The maximum atomic E-state index is 13.4. The molecule has 0 saturated carbocycles. The van der Waals surface area contributed by atoms with E-state index < -0.39 is 5.97 Å². The predicted molar refractivity (Wildman–Crippen MR) is 137 cm³/mol. The highest BCUT2D eigenvalue weighted by Gasteiger charge is 2.25. The Hall–Kier alpha value is -4.10. The molecule has 1 atom stereocenters. The van der Waals surface area contributed by atoms with Crippen molar-refractivity contribution in [1.29, 1.82) is 0 Å². The Morgan fingerprint density at radius 1 is 1.06 bits per heavy atom. The van der Waals surface area contributed by atoms with Gasteiger partial charge in [0.2, 0.25) is 0 Å². The van der Waals surface area contributed by atoms with Gasteiger partial charge >= 0.3 is 5.97 Å². The highest BCUT2D eigenvalue weighted by molar-refractivity contribution is 6.04. The Bertz CT molecular complexity index is 1450. The fraction of sp³-hybridized carbons (Fsp3) is 0.241. The van der Waals surface area contributed by atoms with E-state index >= 15 is 0 Å². The lowest BCUT2D eigenvalue weighted by atomic mass is 9.97. The van der Waals surface area contributed by atoms with Crippen LogP contribution in [0.2, 0.25) is 0 Å². The molecule has 0 saturated heterocycles. The average molecular weight is 485 g/mol. The van der Waals surface area contributed by atoms with Gasteiger partial charge in [0.1, 0.15) is 5.75 Å². The molecule has 1 aliphatic heterocycles. The smallest absolute Gasteiger partial charge is 0.307 e. The topological polar surface area (TPSA) is 81.0 Å². The molecule has 0 spiro atoms. The van der Waals surface area contributed by atoms with Gasteiger partial charge in [-0.05, 0) is 61.4 Å². The first-order valence-corrected chi connectivity index (χ1v) is 11.9. The second kappa shape index (κ2) is 9.51. The van der Waals surface area contributed by atoms with Crippen molar-refractivity contribution in [2.24, 2.45) is 0 Å². The second-order valence-electron chi connectivity index (χ2n) is 9.29. The molecule has 0 aliphatic carbocycles. The van der Waals surface area contributed by atoms with Gasteiger partial charge in [-0.25, -0.2) is 0 Å². The summed E-state index contributed by atoms with van der Waals surface area (Å²) in [5.41, 5.74) is 4.94. The maximum absolute atomic E-state index is 13.4. The van der Waals surface area contributed by atoms with Crippen LogP contribution in [0.1, 0.15) is 45.6 Å². The van der Waals surface area contributed by atoms with Crippen LogP contribution < -0.4 is 9.57 Å². The minimum Gasteiger partial charge on any atom is -0.481 e. The summed E-state index contributed by atoms with van der Waals surface area (Å²) in [4.78, 5) is 30.7. The number of carboxylic acids is 1. The summed E-state index contributed by atoms with van der Waals surface area (Å²) < 4.78 is 7.57. The van der Waals surface area contributed by atoms with Gasteiger partial charge in [0, 0.05) is 34.7 Å². The van der Waals surface area contributed by atoms with Crippen LogP contribution in [0.25, 0.3) is 10.9 Å². The molecular weight excluding hydrogens is 456 g/mol. The summed E-state index contributed by atoms with van der Waals surface area (Å²) in [5, 5.41) is 11.8. The largest absolute Gasteiger partial charge is 0.481 e. The first kappa shape index (κ1) is 23.6. The zero-order chi connectivity index (χ0) is 25.4. The van der Waals surface area contributed by atoms with Gasteiger partial charge in [-0.1, -0.05) is 37.3 Å². The van der Waals surface area contributed by atoms with Crippen molar-refractivity contribution in [3.05, 3.63) is 94.7 Å². The predicted octanol–water partition coefficient (Wildman–Crippen LogP) is 5.32. The van der Waals surface area contributed by atoms with Crippen molar-refractivity contribution in [3.63, 3.8) is 0 Å². The third-order valence-corrected chi connectivity index (χ3v) is 6.61. The van der Waals surface area contributed by atoms with E-state index in [-0.39, 0.29) is 19.1 Å². The molecule has 1 N–H and O–H groups in total. The number of aliphatic carboxylic acids is 1. The molecular formula is C29H28N2O5. The highest BCUT2D eigenvalue weighted by Crippen LogP contribution is 2.35. The van der Waals surface area contributed by atoms with E-state index in [4.69, 9.17) is 9.57 Å². The van der Waals surface area contributed by atoms with E-state index in [1.54, 1.807) is 41.0 Å². The van der Waals surface area contributed by atoms with E-state index in [1.807, 2.05) is 37.1 Å². The van der Waals surface area contributed by atoms with Gasteiger partial charge in [0.15, 0.2) is 12.5 Å². The number of ether oxygens (including phenoxy) is 1. The number of carbonyl (C=O) groups excluding carboxylic acids is 1. The van der Waals surface area contributed by atoms with E-state index in [0.29, 0.717) is 28.3 Å². The number of carboxylic acid groups (broad SMARTS) is 1. The molecule has 184 valence electrons. The van der Waals surface area contributed by atoms with Crippen LogP contribution in [0.5, 0.6) is 11.5 Å². The lowest BCUT2D eigenvalue weighted by molar-refractivity contribution is -0.136. The number of aryl methyl sites for hydroxylation is 2. The minimum absolute atomic E-state index is 0.0916. The van der Waals surface area contributed by atoms with Crippen LogP contribution in [0.4, 0.5) is 0 Å². The van der Waals surface area contributed by atoms with Crippen LogP contribution in [0.3, 0.4) is 0 Å². The molecule has 1 unspecified atom stereocenters. The molecule has 1 aromatic heterocycles. The summed E-state index contributed by atoms with van der Waals surface area (Å²) in [5.74, 6) is 0.770. The van der Waals surface area contributed by atoms with Gasteiger partial charge in [-0.15, -0.1) is 5.06 Å². The van der Waals surface area contributed by atoms with Crippen molar-refractivity contribution < 1.29 is 24.3 Å². The molecule has 5 rings (SSSR count). The van der Waals surface area contributed by atoms with Crippen molar-refractivity contribution in [2.45, 2.75) is 33.1 Å². The van der Waals surface area contributed by atoms with Crippen LogP contribution >= 0.6 is 0 Å². The lowest BCUT2D eigenvalue weighted by Gasteiger charge is -2.32. The summed E-state index contributed by atoms with van der Waals surface area (Å²) in [6, 6.07) is 20.5. The fourth-order valence-electron chi connectivity index (χ4n) is 4.82. The van der Waals surface area contributed by atoms with Crippen LogP contribution in [0.15, 0.2) is 66.7 Å². The molecule has 36 heavy (non-hydrogen) atoms. The highest BCUT2D eigenvalue weighted by atomic mass is 16.7. The Labute approximate surface area is 209 Å². The number of fused-ring (bicyclic) bond motifs is 2. The molecule has 2 heterocycles. The summed E-state index contributed by atoms with van der Waals surface area (Å²) in [6.45, 7) is 7.04. The van der Waals surface area contributed by atoms with Crippen molar-refractivity contribution in [2.75, 3.05) is 13.3 Å². The monoisotopic (exact) mass is 484 g/mol. The molecule has 0 fully saturated rings. The van der Waals surface area contributed by atoms with Crippen molar-refractivity contribution in [3.8, 4) is 11.5 Å². The van der Waals surface area contributed by atoms with Crippen LogP contribution in [0, 0.1) is 13.8 Å². The molecule has 0 bridgehead atoms. The van der Waals surface area contributed by atoms with Crippen LogP contribution in [-0.2, 0) is 11.2 Å². The van der Waals surface area contributed by atoms with Gasteiger partial charge in [0.05, 0.1) is 11.9 Å². The Kier molecular flexibility index (Phi) is 6.24. The maximum Gasteiger partial charge on any atom is 0.307 e. The van der Waals surface area contributed by atoms with E-state index in [2.05, 4.69) is 19.1 Å². The zero-order valence-electron chi connectivity index (χ0n) is 20.5. The average Bonchev–Trinajstić information content (AvgIpc) is 3.20. The van der Waals surface area contributed by atoms with Crippen molar-refractivity contribution in [1.82, 2.24) is 9.63 Å². The van der Waals surface area contributed by atoms with Gasteiger partial charge in [-0.2, -0.15) is 0 Å². The van der Waals surface area contributed by atoms with Crippen LogP contribution in [-0.4, -0.2) is 39.9 Å². The third-order valence-electron chi connectivity index (χ3n) is 6.61. The summed E-state index contributed by atoms with van der Waals surface area (Å²) in [7, 11) is 0. The molecule has 0 amide bonds. The summed E-state index contributed by atoms with van der Waals surface area (Å²) in [6.07, 6.45) is -0.0916. The number of hydrogen-bond donors (Lipinski definition) is 1. The number of benzene rings is 3. The Morgan fingerprint density at radius 2 is 1.81 bits per heavy atom. The number of nitrogens with zero attached hydrogens (tertiary/aromatic N) is 2. The minimum atomic E-state index is -0.904. The number of rotatable bonds is 6. The number of carbonyl (C=O) groups is 2. The zero-order valence-corrected chi connectivity index (χ0v) is 20.5. The number of hydrogen-bond acceptors (Lipinski definition) is 5. The molecule has 4 aromatic rings. The van der Waals surface area contributed by atoms with E-state index in [0.717, 1.165) is 28.9 Å². The number of para-hydroxylation sites is 1. The standard InChI is InChI=1S/C29H28N2O5/c1-18-6-4-8-24-19(2)16-30(36-28(18)24)17-35-23-12-10-21(11-13-23)29(34)31-20(3)14-25-22(15-27(32)33)7-5-9-26(25)31/h4-14,19H,15-17H2,1-3H3,(H,32,33). The lowest BCUT2D eigenvalue weighted by Crippen LogP contribution is -2.38. The fourth-order valence-corrected chi connectivity index (χ4v) is 4.82. The first-order valence-electron chi connectivity index (χ1n) is 11.9. The molecule has 7 nitrogen and oxygen atoms in total. The SMILES string of the molecule is Cc1cccc2c1ON(COc1ccc(C(=O)n3c(C)cc4c(CC(=O)O)cccc43)cc1)CC2C. The third kappa shape index (κ3) is 4.45. The van der Waals surface area contributed by atoms with E-state index in [1.165, 1.54) is 5.56 Å². The number of aromatic nitrogens is 1. The Balaban J connectivity index is 1.30. The van der Waals surface area contributed by atoms with Gasteiger partial charge in [0.25, 0.3) is 5.91 Å². The van der Waals surface area contributed by atoms with Crippen molar-refractivity contribution >= 4 is 22.8 Å². The number of hydroxylamine groups is 2. The Morgan fingerprint density at radius 3 is 2.56 bits per heavy atom. The second-order valence-corrected chi connectivity index (χ2v) is 9.29. The molecule has 0 radical (unpaired) electrons. The summed E-state index contributed by atoms with van der Waals surface area (Å²) >= 11 is 0. The van der Waals surface area contributed by atoms with Gasteiger partial charge < -0.3 is 14.7 Å². The first-order chi connectivity index (χ1) is 17.3. The van der Waals surface area contributed by atoms with E-state index in [9.17, 15) is 14.7 Å². The molecule has 1 aliphatic rings. The normalized spacial score (nSPS) is 15.4. The molecule has 3 aromatic carbocycles. The van der Waals surface area contributed by atoms with Gasteiger partial charge in [-0.3, -0.25) is 14.2 Å².